The average molecular weight is 306 g/mol. The molecule has 3 aliphatic carbocycles. The van der Waals surface area contributed by atoms with Gasteiger partial charge in [0.25, 0.3) is 0 Å². The highest BCUT2D eigenvalue weighted by atomic mass is 16.3. The topological polar surface area (TPSA) is 94.8 Å². The highest BCUT2D eigenvalue weighted by Gasteiger charge is 2.63. The van der Waals surface area contributed by atoms with Crippen molar-refractivity contribution >= 4 is 11.6 Å². The Bertz CT molecular complexity index is 604. The van der Waals surface area contributed by atoms with Crippen LogP contribution >= 0.6 is 0 Å². The molecule has 5 nitrogen and oxygen atoms in total. The van der Waals surface area contributed by atoms with Gasteiger partial charge in [-0.15, -0.1) is 0 Å². The first-order valence-electron chi connectivity index (χ1n) is 7.73. The molecule has 0 saturated heterocycles. The predicted molar refractivity (Wildman–Crippen MR) is 78.8 cm³/mol. The molecule has 0 aromatic rings. The first-order valence-corrected chi connectivity index (χ1v) is 7.73. The third-order valence-electron chi connectivity index (χ3n) is 5.68. The molecule has 0 aromatic heterocycles. The van der Waals surface area contributed by atoms with Crippen molar-refractivity contribution in [2.75, 3.05) is 6.61 Å². The second-order valence-electron chi connectivity index (χ2n) is 7.08. The molecule has 0 aromatic carbocycles. The van der Waals surface area contributed by atoms with Crippen LogP contribution in [0.2, 0.25) is 0 Å². The maximum absolute atomic E-state index is 12.5. The van der Waals surface area contributed by atoms with E-state index in [0.717, 1.165) is 0 Å². The highest BCUT2D eigenvalue weighted by Crippen LogP contribution is 2.53. The van der Waals surface area contributed by atoms with Gasteiger partial charge in [0.1, 0.15) is 11.4 Å². The number of Topliss-reactive ketones (excluding diaryl/α,β-unsaturated/α-hetero) is 2. The average Bonchev–Trinajstić information content (AvgIpc) is 2.62. The lowest BCUT2D eigenvalue weighted by atomic mass is 9.60. The van der Waals surface area contributed by atoms with E-state index in [9.17, 15) is 24.9 Å². The van der Waals surface area contributed by atoms with E-state index in [4.69, 9.17) is 0 Å². The third-order valence-corrected chi connectivity index (χ3v) is 5.68. The van der Waals surface area contributed by atoms with E-state index < -0.39 is 28.8 Å². The summed E-state index contributed by atoms with van der Waals surface area (Å²) >= 11 is 0. The van der Waals surface area contributed by atoms with Crippen molar-refractivity contribution in [2.45, 2.75) is 44.3 Å². The third kappa shape index (κ3) is 1.89. The fourth-order valence-corrected chi connectivity index (χ4v) is 4.54. The summed E-state index contributed by atoms with van der Waals surface area (Å²) in [4.78, 5) is 24.4. The van der Waals surface area contributed by atoms with Crippen molar-refractivity contribution in [3.8, 4) is 0 Å². The van der Waals surface area contributed by atoms with Crippen LogP contribution < -0.4 is 0 Å². The Morgan fingerprint density at radius 3 is 2.55 bits per heavy atom. The minimum atomic E-state index is -1.73. The zero-order chi connectivity index (χ0) is 16.3. The summed E-state index contributed by atoms with van der Waals surface area (Å²) in [6.45, 7) is 3.12. The van der Waals surface area contributed by atoms with Crippen LogP contribution in [0.1, 0.15) is 33.1 Å². The largest absolute Gasteiger partial charge is 0.392 e. The number of fused-ring (bicyclic) bond motifs is 3. The van der Waals surface area contributed by atoms with Crippen LogP contribution in [0.25, 0.3) is 0 Å². The number of aliphatic hydroxyl groups is 3. The van der Waals surface area contributed by atoms with E-state index >= 15 is 0 Å². The first kappa shape index (κ1) is 15.6. The van der Waals surface area contributed by atoms with E-state index in [-0.39, 0.29) is 37.6 Å². The van der Waals surface area contributed by atoms with Gasteiger partial charge in [0.05, 0.1) is 12.2 Å². The molecule has 0 bridgehead atoms. The molecule has 22 heavy (non-hydrogen) atoms. The van der Waals surface area contributed by atoms with E-state index in [1.807, 2.05) is 0 Å². The minimum Gasteiger partial charge on any atom is -0.392 e. The van der Waals surface area contributed by atoms with Gasteiger partial charge in [0, 0.05) is 31.1 Å². The van der Waals surface area contributed by atoms with Crippen molar-refractivity contribution in [2.24, 2.45) is 17.8 Å². The molecule has 0 amide bonds. The molecule has 3 aliphatic rings. The molecule has 3 rings (SSSR count). The fourth-order valence-electron chi connectivity index (χ4n) is 4.54. The molecule has 0 radical (unpaired) electrons. The number of carbonyl (C=O) groups excluding carboxylic acids is 2. The van der Waals surface area contributed by atoms with Crippen LogP contribution in [0.15, 0.2) is 23.3 Å². The zero-order valence-corrected chi connectivity index (χ0v) is 12.9. The van der Waals surface area contributed by atoms with Crippen molar-refractivity contribution in [1.29, 1.82) is 0 Å². The van der Waals surface area contributed by atoms with Gasteiger partial charge in [-0.25, -0.2) is 0 Å². The van der Waals surface area contributed by atoms with E-state index in [2.05, 4.69) is 0 Å². The van der Waals surface area contributed by atoms with Crippen molar-refractivity contribution < 1.29 is 24.9 Å². The fraction of sp³-hybridized carbons (Fsp3) is 0.647. The van der Waals surface area contributed by atoms with Gasteiger partial charge in [0.2, 0.25) is 0 Å². The van der Waals surface area contributed by atoms with E-state index in [1.54, 1.807) is 26.0 Å². The lowest BCUT2D eigenvalue weighted by Gasteiger charge is -2.48. The molecular weight excluding hydrogens is 284 g/mol. The molecule has 5 atom stereocenters. The number of aliphatic hydroxyl groups excluding tert-OH is 1. The Morgan fingerprint density at radius 2 is 1.91 bits per heavy atom. The molecule has 1 saturated carbocycles. The van der Waals surface area contributed by atoms with Gasteiger partial charge in [-0.1, -0.05) is 19.1 Å². The molecule has 0 heterocycles. The van der Waals surface area contributed by atoms with Gasteiger partial charge in [-0.05, 0) is 24.0 Å². The summed E-state index contributed by atoms with van der Waals surface area (Å²) < 4.78 is 0. The standard InChI is InChI=1S/C17H22O5/c1-9-3-14-16(21,15(9)20)7-11(8-18)5-12-6-13(19)4-10(2)17(12,14)22/h3,5,10,12,14,18,21-22H,4,6-8H2,1-2H3/t10-,12+,14?,16-,17-/m1/s1. The lowest BCUT2D eigenvalue weighted by molar-refractivity contribution is -0.170. The second-order valence-corrected chi connectivity index (χ2v) is 7.08. The summed E-state index contributed by atoms with van der Waals surface area (Å²) in [5, 5.41) is 32.0. The normalized spacial score (nSPS) is 44.9. The molecule has 5 heteroatoms. The molecule has 120 valence electrons. The van der Waals surface area contributed by atoms with Gasteiger partial charge in [-0.2, -0.15) is 0 Å². The number of hydrogen-bond acceptors (Lipinski definition) is 5. The summed E-state index contributed by atoms with van der Waals surface area (Å²) in [5.41, 5.74) is -2.14. The first-order chi connectivity index (χ1) is 10.2. The maximum Gasteiger partial charge on any atom is 0.190 e. The minimum absolute atomic E-state index is 0.000556. The number of rotatable bonds is 1. The Morgan fingerprint density at radius 1 is 1.23 bits per heavy atom. The zero-order valence-electron chi connectivity index (χ0n) is 12.9. The predicted octanol–water partition coefficient (Wildman–Crippen LogP) is 0.531. The van der Waals surface area contributed by atoms with Crippen molar-refractivity contribution in [3.05, 3.63) is 23.3 Å². The molecular formula is C17H22O5. The smallest absolute Gasteiger partial charge is 0.190 e. The molecule has 0 aliphatic heterocycles. The van der Waals surface area contributed by atoms with Crippen LogP contribution in [0.3, 0.4) is 0 Å². The summed E-state index contributed by atoms with van der Waals surface area (Å²) in [6, 6.07) is 0. The van der Waals surface area contributed by atoms with Gasteiger partial charge < -0.3 is 15.3 Å². The van der Waals surface area contributed by atoms with Gasteiger partial charge in [-0.3, -0.25) is 9.59 Å². The summed E-state index contributed by atoms with van der Waals surface area (Å²) in [5.74, 6) is -1.93. The molecule has 3 N–H and O–H groups in total. The molecule has 1 fully saturated rings. The summed E-state index contributed by atoms with van der Waals surface area (Å²) in [7, 11) is 0. The van der Waals surface area contributed by atoms with Gasteiger partial charge in [0.15, 0.2) is 5.78 Å². The van der Waals surface area contributed by atoms with E-state index in [0.29, 0.717) is 11.1 Å². The monoisotopic (exact) mass is 306 g/mol. The Hall–Kier alpha value is -1.30. The van der Waals surface area contributed by atoms with Crippen molar-refractivity contribution in [1.82, 2.24) is 0 Å². The van der Waals surface area contributed by atoms with E-state index in [1.165, 1.54) is 0 Å². The van der Waals surface area contributed by atoms with Crippen LogP contribution in [0, 0.1) is 17.8 Å². The number of hydrogen-bond donors (Lipinski definition) is 3. The van der Waals surface area contributed by atoms with Crippen molar-refractivity contribution in [3.63, 3.8) is 0 Å². The SMILES string of the molecule is CC1=CC2[C@@]3(O)[C@H](C)CC(=O)C[C@@H]3C=C(CO)C[C@]2(O)C1=O. The number of ketones is 2. The van der Waals surface area contributed by atoms with Crippen LogP contribution in [0.5, 0.6) is 0 Å². The van der Waals surface area contributed by atoms with Crippen LogP contribution in [-0.4, -0.2) is 44.7 Å². The van der Waals surface area contributed by atoms with Crippen LogP contribution in [0.4, 0.5) is 0 Å². The maximum atomic E-state index is 12.5. The highest BCUT2D eigenvalue weighted by molar-refractivity contribution is 6.05. The quantitative estimate of drug-likeness (QED) is 0.614. The Balaban J connectivity index is 2.18. The van der Waals surface area contributed by atoms with Crippen LogP contribution in [-0.2, 0) is 9.59 Å². The van der Waals surface area contributed by atoms with Gasteiger partial charge >= 0.3 is 0 Å². The Kier molecular flexibility index (Phi) is 3.43. The number of carbonyl (C=O) groups is 2. The second kappa shape index (κ2) is 4.85. The molecule has 0 spiro atoms. The molecule has 1 unspecified atom stereocenters. The summed E-state index contributed by atoms with van der Waals surface area (Å²) in [6.07, 6.45) is 3.76. The Labute approximate surface area is 129 Å². The lowest BCUT2D eigenvalue weighted by Crippen LogP contribution is -2.59.